The van der Waals surface area contributed by atoms with Crippen molar-refractivity contribution < 1.29 is 16.8 Å². The summed E-state index contributed by atoms with van der Waals surface area (Å²) in [6.45, 7) is 4.03. The second kappa shape index (κ2) is 8.32. The number of halogens is 1. The van der Waals surface area contributed by atoms with Gasteiger partial charge in [-0.15, -0.1) is 12.4 Å². The molecule has 0 spiro atoms. The average molecular weight is 412 g/mol. The molecular formula is C15H26ClN3O4S2. The third kappa shape index (κ3) is 5.15. The van der Waals surface area contributed by atoms with Gasteiger partial charge in [-0.3, -0.25) is 0 Å². The van der Waals surface area contributed by atoms with Crippen molar-refractivity contribution in [3.05, 3.63) is 24.3 Å². The molecule has 2 N–H and O–H groups in total. The summed E-state index contributed by atoms with van der Waals surface area (Å²) in [5, 5.41) is 3.25. The molecule has 1 aliphatic rings. The zero-order valence-corrected chi connectivity index (χ0v) is 17.1. The summed E-state index contributed by atoms with van der Waals surface area (Å²) in [5.41, 5.74) is -0.131. The molecule has 10 heteroatoms. The number of sulfonamides is 2. The number of nitrogens with zero attached hydrogens (tertiary/aromatic N) is 1. The first-order chi connectivity index (χ1) is 11.1. The molecule has 0 radical (unpaired) electrons. The van der Waals surface area contributed by atoms with Crippen LogP contribution in [0.25, 0.3) is 0 Å². The highest BCUT2D eigenvalue weighted by Crippen LogP contribution is 2.28. The second-order valence-electron chi connectivity index (χ2n) is 6.62. The molecule has 0 unspecified atom stereocenters. The van der Waals surface area contributed by atoms with Gasteiger partial charge in [-0.05, 0) is 43.5 Å². The molecule has 0 aromatic heterocycles. The van der Waals surface area contributed by atoms with Gasteiger partial charge in [0, 0.05) is 20.6 Å². The van der Waals surface area contributed by atoms with Gasteiger partial charge in [-0.1, -0.05) is 19.1 Å². The van der Waals surface area contributed by atoms with Gasteiger partial charge in [0.2, 0.25) is 20.0 Å². The maximum atomic E-state index is 12.7. The predicted octanol–water partition coefficient (Wildman–Crippen LogP) is 1.03. The van der Waals surface area contributed by atoms with Gasteiger partial charge in [0.05, 0.1) is 0 Å². The first-order valence-corrected chi connectivity index (χ1v) is 10.7. The topological polar surface area (TPSA) is 95.6 Å². The third-order valence-corrected chi connectivity index (χ3v) is 7.86. The van der Waals surface area contributed by atoms with E-state index in [4.69, 9.17) is 0 Å². The summed E-state index contributed by atoms with van der Waals surface area (Å²) in [4.78, 5) is -0.422. The Hall–Kier alpha value is -0.710. The molecule has 0 bridgehead atoms. The van der Waals surface area contributed by atoms with Crippen LogP contribution in [0.1, 0.15) is 19.8 Å². The lowest BCUT2D eigenvalue weighted by Crippen LogP contribution is -2.43. The highest BCUT2D eigenvalue weighted by Gasteiger charge is 2.31. The number of benzene rings is 1. The Labute approximate surface area is 156 Å². The monoisotopic (exact) mass is 411 g/mol. The molecule has 1 aliphatic heterocycles. The van der Waals surface area contributed by atoms with E-state index in [9.17, 15) is 16.8 Å². The van der Waals surface area contributed by atoms with Gasteiger partial charge in [0.1, 0.15) is 9.79 Å². The van der Waals surface area contributed by atoms with E-state index >= 15 is 0 Å². The molecule has 1 aromatic carbocycles. The number of hydrogen-bond acceptors (Lipinski definition) is 5. The summed E-state index contributed by atoms with van der Waals surface area (Å²) in [5.74, 6) is 0. The fourth-order valence-electron chi connectivity index (χ4n) is 2.64. The minimum atomic E-state index is -3.92. The summed E-state index contributed by atoms with van der Waals surface area (Å²) >= 11 is 0. The van der Waals surface area contributed by atoms with Gasteiger partial charge in [0.15, 0.2) is 0 Å². The molecule has 0 atom stereocenters. The smallest absolute Gasteiger partial charge is 0.243 e. The number of nitrogens with one attached hydrogen (secondary N) is 2. The van der Waals surface area contributed by atoms with Gasteiger partial charge >= 0.3 is 0 Å². The van der Waals surface area contributed by atoms with Crippen molar-refractivity contribution in [2.75, 3.05) is 33.7 Å². The molecule has 2 rings (SSSR count). The first-order valence-electron chi connectivity index (χ1n) is 7.80. The van der Waals surface area contributed by atoms with Crippen molar-refractivity contribution in [1.82, 2.24) is 14.3 Å². The van der Waals surface area contributed by atoms with Gasteiger partial charge < -0.3 is 5.32 Å². The van der Waals surface area contributed by atoms with Crippen molar-refractivity contribution in [2.24, 2.45) is 5.41 Å². The molecular weight excluding hydrogens is 386 g/mol. The van der Waals surface area contributed by atoms with Crippen molar-refractivity contribution in [1.29, 1.82) is 0 Å². The van der Waals surface area contributed by atoms with Crippen molar-refractivity contribution in [3.63, 3.8) is 0 Å². The quantitative estimate of drug-likeness (QED) is 0.728. The molecule has 0 saturated carbocycles. The minimum absolute atomic E-state index is 0. The molecule has 1 aromatic rings. The van der Waals surface area contributed by atoms with Crippen LogP contribution in [0, 0.1) is 5.41 Å². The highest BCUT2D eigenvalue weighted by atomic mass is 35.5. The number of hydrogen-bond donors (Lipinski definition) is 2. The molecule has 7 nitrogen and oxygen atoms in total. The van der Waals surface area contributed by atoms with Crippen LogP contribution in [-0.4, -0.2) is 54.9 Å². The van der Waals surface area contributed by atoms with Gasteiger partial charge in [-0.25, -0.2) is 25.9 Å². The third-order valence-electron chi connectivity index (χ3n) is 4.40. The fraction of sp³-hybridized carbons (Fsp3) is 0.600. The van der Waals surface area contributed by atoms with E-state index in [1.54, 1.807) is 0 Å². The first kappa shape index (κ1) is 22.3. The second-order valence-corrected chi connectivity index (χ2v) is 10.5. The van der Waals surface area contributed by atoms with E-state index in [-0.39, 0.29) is 34.2 Å². The fourth-order valence-corrected chi connectivity index (χ4v) is 5.53. The van der Waals surface area contributed by atoms with Crippen LogP contribution in [0.15, 0.2) is 34.1 Å². The summed E-state index contributed by atoms with van der Waals surface area (Å²) < 4.78 is 53.8. The van der Waals surface area contributed by atoms with E-state index in [2.05, 4.69) is 10.0 Å². The minimum Gasteiger partial charge on any atom is -0.317 e. The normalized spacial score (nSPS) is 17.9. The Morgan fingerprint density at radius 2 is 1.60 bits per heavy atom. The SMILES string of the molecule is CN(C)S(=O)(=O)c1ccccc1S(=O)(=O)NCC1(C)CCNCC1.Cl. The molecule has 1 saturated heterocycles. The lowest BCUT2D eigenvalue weighted by atomic mass is 9.81. The van der Waals surface area contributed by atoms with Gasteiger partial charge in [-0.2, -0.15) is 0 Å². The van der Waals surface area contributed by atoms with Gasteiger partial charge in [0.25, 0.3) is 0 Å². The van der Waals surface area contributed by atoms with E-state index in [1.165, 1.54) is 38.4 Å². The predicted molar refractivity (Wildman–Crippen MR) is 100.0 cm³/mol. The standard InChI is InChI=1S/C15H25N3O4S2.ClH/c1-15(8-10-16-11-9-15)12-17-23(19,20)13-6-4-5-7-14(13)24(21,22)18(2)3;/h4-7,16-17H,8-12H2,1-3H3;1H. The van der Waals surface area contributed by atoms with E-state index in [0.717, 1.165) is 30.2 Å². The number of rotatable bonds is 6. The Morgan fingerprint density at radius 1 is 1.08 bits per heavy atom. The summed E-state index contributed by atoms with van der Waals surface area (Å²) in [7, 11) is -5.01. The summed E-state index contributed by atoms with van der Waals surface area (Å²) in [6.07, 6.45) is 1.74. The number of piperidine rings is 1. The Kier molecular flexibility index (Phi) is 7.43. The molecule has 1 fully saturated rings. The van der Waals surface area contributed by atoms with E-state index in [1.807, 2.05) is 6.92 Å². The van der Waals surface area contributed by atoms with Crippen LogP contribution in [0.3, 0.4) is 0 Å². The lowest BCUT2D eigenvalue weighted by Gasteiger charge is -2.34. The van der Waals surface area contributed by atoms with Crippen LogP contribution in [-0.2, 0) is 20.0 Å². The van der Waals surface area contributed by atoms with Crippen LogP contribution >= 0.6 is 12.4 Å². The molecule has 0 amide bonds. The van der Waals surface area contributed by atoms with Crippen molar-refractivity contribution in [3.8, 4) is 0 Å². The van der Waals surface area contributed by atoms with Crippen molar-refractivity contribution >= 4 is 32.5 Å². The zero-order chi connectivity index (χ0) is 18.0. The Morgan fingerprint density at radius 3 is 2.12 bits per heavy atom. The maximum Gasteiger partial charge on any atom is 0.243 e. The lowest BCUT2D eigenvalue weighted by molar-refractivity contribution is 0.232. The van der Waals surface area contributed by atoms with Crippen LogP contribution in [0.2, 0.25) is 0 Å². The van der Waals surface area contributed by atoms with Crippen molar-refractivity contribution in [2.45, 2.75) is 29.6 Å². The highest BCUT2D eigenvalue weighted by molar-refractivity contribution is 7.92. The largest absolute Gasteiger partial charge is 0.317 e. The Balaban J connectivity index is 0.00000312. The summed E-state index contributed by atoms with van der Waals surface area (Å²) in [6, 6.07) is 5.68. The van der Waals surface area contributed by atoms with E-state index < -0.39 is 20.0 Å². The molecule has 0 aliphatic carbocycles. The zero-order valence-electron chi connectivity index (χ0n) is 14.6. The van der Waals surface area contributed by atoms with Crippen LogP contribution < -0.4 is 10.0 Å². The van der Waals surface area contributed by atoms with E-state index in [0.29, 0.717) is 0 Å². The maximum absolute atomic E-state index is 12.7. The Bertz CT molecular complexity index is 789. The molecule has 1 heterocycles. The molecule has 25 heavy (non-hydrogen) atoms. The van der Waals surface area contributed by atoms with Crippen LogP contribution in [0.4, 0.5) is 0 Å². The van der Waals surface area contributed by atoms with Crippen LogP contribution in [0.5, 0.6) is 0 Å². The average Bonchev–Trinajstić information content (AvgIpc) is 2.54. The molecule has 144 valence electrons.